The highest BCUT2D eigenvalue weighted by Crippen LogP contribution is 2.36. The van der Waals surface area contributed by atoms with E-state index in [0.29, 0.717) is 37.0 Å². The maximum Gasteiger partial charge on any atom is 0.243 e. The van der Waals surface area contributed by atoms with E-state index < -0.39 is 0 Å². The van der Waals surface area contributed by atoms with Gasteiger partial charge in [-0.2, -0.15) is 0 Å². The van der Waals surface area contributed by atoms with Crippen molar-refractivity contribution in [3.8, 4) is 17.2 Å². The summed E-state index contributed by atoms with van der Waals surface area (Å²) in [6.45, 7) is 3.21. The average Bonchev–Trinajstić information content (AvgIpc) is 3.14. The molecule has 1 aromatic heterocycles. The second-order valence-corrected chi connectivity index (χ2v) is 6.34. The summed E-state index contributed by atoms with van der Waals surface area (Å²) in [6.07, 6.45) is 1.69. The van der Waals surface area contributed by atoms with Crippen LogP contribution in [0, 0.1) is 0 Å². The molecule has 1 atom stereocenters. The number of hydrogen-bond acceptors (Lipinski definition) is 5. The number of benzene rings is 2. The Balaban J connectivity index is 1.50. The fourth-order valence-electron chi connectivity index (χ4n) is 3.18. The number of nitrogens with one attached hydrogen (secondary N) is 1. The summed E-state index contributed by atoms with van der Waals surface area (Å²) in [4.78, 5) is 17.0. The van der Waals surface area contributed by atoms with Gasteiger partial charge in [-0.15, -0.1) is 0 Å². The van der Waals surface area contributed by atoms with Crippen molar-refractivity contribution in [2.45, 2.75) is 19.5 Å². The van der Waals surface area contributed by atoms with Crippen LogP contribution in [-0.2, 0) is 11.3 Å². The van der Waals surface area contributed by atoms with Gasteiger partial charge in [0.05, 0.1) is 24.5 Å². The van der Waals surface area contributed by atoms with Crippen molar-refractivity contribution in [2.24, 2.45) is 0 Å². The Kier molecular flexibility index (Phi) is 4.58. The van der Waals surface area contributed by atoms with Crippen LogP contribution in [0.2, 0.25) is 0 Å². The molecule has 0 aliphatic carbocycles. The largest absolute Gasteiger partial charge is 0.496 e. The van der Waals surface area contributed by atoms with Gasteiger partial charge in [-0.25, -0.2) is 4.98 Å². The van der Waals surface area contributed by atoms with E-state index in [1.807, 2.05) is 41.8 Å². The van der Waals surface area contributed by atoms with Crippen molar-refractivity contribution < 1.29 is 19.0 Å². The second-order valence-electron chi connectivity index (χ2n) is 6.34. The Morgan fingerprint density at radius 1 is 1.26 bits per heavy atom. The summed E-state index contributed by atoms with van der Waals surface area (Å²) in [5.74, 6) is 1.88. The van der Waals surface area contributed by atoms with Crippen molar-refractivity contribution in [1.82, 2.24) is 14.9 Å². The van der Waals surface area contributed by atoms with Gasteiger partial charge in [0, 0.05) is 18.2 Å². The molecule has 7 heteroatoms. The van der Waals surface area contributed by atoms with E-state index in [1.165, 1.54) is 0 Å². The smallest absolute Gasteiger partial charge is 0.243 e. The van der Waals surface area contributed by atoms with Crippen LogP contribution in [0.4, 0.5) is 0 Å². The van der Waals surface area contributed by atoms with E-state index in [1.54, 1.807) is 19.5 Å². The monoisotopic (exact) mass is 367 g/mol. The maximum atomic E-state index is 12.7. The minimum atomic E-state index is -0.388. The SMILES string of the molecule is COc1cc2c(cc1CNC(=O)C(C)n1cnc3ccccc31)OCCO2. The number of nitrogens with zero attached hydrogens (tertiary/aromatic N) is 2. The van der Waals surface area contributed by atoms with Crippen LogP contribution in [0.1, 0.15) is 18.5 Å². The van der Waals surface area contributed by atoms with Gasteiger partial charge in [0.15, 0.2) is 11.5 Å². The molecule has 2 heterocycles. The lowest BCUT2D eigenvalue weighted by atomic mass is 10.1. The number of carbonyl (C=O) groups excluding carboxylic acids is 1. The zero-order valence-corrected chi connectivity index (χ0v) is 15.3. The molecular weight excluding hydrogens is 346 g/mol. The lowest BCUT2D eigenvalue weighted by Gasteiger charge is -2.21. The lowest BCUT2D eigenvalue weighted by molar-refractivity contribution is -0.123. The zero-order chi connectivity index (χ0) is 18.8. The standard InChI is InChI=1S/C20H21N3O4/c1-13(23-12-22-15-5-3-4-6-16(15)23)20(24)21-11-14-9-18-19(10-17(14)25-2)27-8-7-26-18/h3-6,9-10,12-13H,7-8,11H2,1-2H3,(H,21,24). The molecule has 140 valence electrons. The van der Waals surface area contributed by atoms with Gasteiger partial charge in [-0.05, 0) is 25.1 Å². The first-order chi connectivity index (χ1) is 13.2. The molecule has 0 bridgehead atoms. The summed E-state index contributed by atoms with van der Waals surface area (Å²) in [5.41, 5.74) is 2.63. The van der Waals surface area contributed by atoms with E-state index in [9.17, 15) is 4.79 Å². The van der Waals surface area contributed by atoms with Gasteiger partial charge in [0.25, 0.3) is 0 Å². The summed E-state index contributed by atoms with van der Waals surface area (Å²) in [6, 6.07) is 11.0. The van der Waals surface area contributed by atoms with Crippen molar-refractivity contribution in [3.63, 3.8) is 0 Å². The molecule has 1 aliphatic rings. The minimum absolute atomic E-state index is 0.102. The zero-order valence-electron chi connectivity index (χ0n) is 15.3. The van der Waals surface area contributed by atoms with Gasteiger partial charge in [0.2, 0.25) is 5.91 Å². The number of ether oxygens (including phenoxy) is 3. The molecule has 0 saturated carbocycles. The Hall–Kier alpha value is -3.22. The maximum absolute atomic E-state index is 12.7. The van der Waals surface area contributed by atoms with Crippen molar-refractivity contribution in [3.05, 3.63) is 48.3 Å². The topological polar surface area (TPSA) is 74.6 Å². The quantitative estimate of drug-likeness (QED) is 0.750. The van der Waals surface area contributed by atoms with Gasteiger partial charge < -0.3 is 24.1 Å². The third-order valence-corrected chi connectivity index (χ3v) is 4.68. The Morgan fingerprint density at radius 3 is 2.78 bits per heavy atom. The van der Waals surface area contributed by atoms with Crippen LogP contribution >= 0.6 is 0 Å². The van der Waals surface area contributed by atoms with Crippen molar-refractivity contribution >= 4 is 16.9 Å². The molecule has 1 amide bonds. The summed E-state index contributed by atoms with van der Waals surface area (Å²) < 4.78 is 18.5. The molecule has 0 spiro atoms. The van der Waals surface area contributed by atoms with Gasteiger partial charge in [-0.1, -0.05) is 12.1 Å². The average molecular weight is 367 g/mol. The molecule has 3 aromatic rings. The van der Waals surface area contributed by atoms with Gasteiger partial charge >= 0.3 is 0 Å². The van der Waals surface area contributed by atoms with Gasteiger partial charge in [0.1, 0.15) is 25.0 Å². The molecular formula is C20H21N3O4. The number of aromatic nitrogens is 2. The summed E-state index contributed by atoms with van der Waals surface area (Å²) in [5, 5.41) is 2.97. The molecule has 4 rings (SSSR count). The van der Waals surface area contributed by atoms with Crippen LogP contribution < -0.4 is 19.5 Å². The van der Waals surface area contributed by atoms with Gasteiger partial charge in [-0.3, -0.25) is 4.79 Å². The fraction of sp³-hybridized carbons (Fsp3) is 0.300. The predicted octanol–water partition coefficient (Wildman–Crippen LogP) is 2.69. The summed E-state index contributed by atoms with van der Waals surface area (Å²) in [7, 11) is 1.59. The number of carbonyl (C=O) groups is 1. The highest BCUT2D eigenvalue weighted by atomic mass is 16.6. The third-order valence-electron chi connectivity index (χ3n) is 4.68. The fourth-order valence-corrected chi connectivity index (χ4v) is 3.18. The Bertz CT molecular complexity index is 983. The van der Waals surface area contributed by atoms with Crippen LogP contribution in [-0.4, -0.2) is 35.8 Å². The molecule has 27 heavy (non-hydrogen) atoms. The lowest BCUT2D eigenvalue weighted by Crippen LogP contribution is -2.30. The number of imidazole rings is 1. The van der Waals surface area contributed by atoms with Crippen LogP contribution in [0.25, 0.3) is 11.0 Å². The predicted molar refractivity (Wildman–Crippen MR) is 100 cm³/mol. The Labute approximate surface area is 156 Å². The first kappa shape index (κ1) is 17.2. The molecule has 0 radical (unpaired) electrons. The van der Waals surface area contributed by atoms with E-state index >= 15 is 0 Å². The van der Waals surface area contributed by atoms with E-state index in [-0.39, 0.29) is 11.9 Å². The van der Waals surface area contributed by atoms with E-state index in [4.69, 9.17) is 14.2 Å². The highest BCUT2D eigenvalue weighted by Gasteiger charge is 2.20. The third kappa shape index (κ3) is 3.28. The molecule has 2 aromatic carbocycles. The number of methoxy groups -OCH3 is 1. The molecule has 1 N–H and O–H groups in total. The second kappa shape index (κ2) is 7.19. The first-order valence-corrected chi connectivity index (χ1v) is 8.83. The van der Waals surface area contributed by atoms with Crippen LogP contribution in [0.3, 0.4) is 0 Å². The first-order valence-electron chi connectivity index (χ1n) is 8.83. The number of rotatable bonds is 5. The van der Waals surface area contributed by atoms with E-state index in [0.717, 1.165) is 16.6 Å². The van der Waals surface area contributed by atoms with Crippen LogP contribution in [0.5, 0.6) is 17.2 Å². The van der Waals surface area contributed by atoms with E-state index in [2.05, 4.69) is 10.3 Å². The molecule has 7 nitrogen and oxygen atoms in total. The van der Waals surface area contributed by atoms with Crippen molar-refractivity contribution in [2.75, 3.05) is 20.3 Å². The highest BCUT2D eigenvalue weighted by molar-refractivity contribution is 5.83. The molecule has 0 saturated heterocycles. The molecule has 1 unspecified atom stereocenters. The molecule has 0 fully saturated rings. The van der Waals surface area contributed by atoms with Crippen LogP contribution in [0.15, 0.2) is 42.7 Å². The minimum Gasteiger partial charge on any atom is -0.496 e. The normalized spacial score (nSPS) is 14.0. The summed E-state index contributed by atoms with van der Waals surface area (Å²) >= 11 is 0. The molecule has 1 aliphatic heterocycles. The number of fused-ring (bicyclic) bond motifs is 2. The Morgan fingerprint density at radius 2 is 2.00 bits per heavy atom. The van der Waals surface area contributed by atoms with Crippen molar-refractivity contribution in [1.29, 1.82) is 0 Å². The number of hydrogen-bond donors (Lipinski definition) is 1. The number of amides is 1. The number of para-hydroxylation sites is 2.